The van der Waals surface area contributed by atoms with Gasteiger partial charge in [-0.1, -0.05) is 13.3 Å². The van der Waals surface area contributed by atoms with Crippen LogP contribution in [0, 0.1) is 0 Å². The summed E-state index contributed by atoms with van der Waals surface area (Å²) in [5, 5.41) is 12.6. The first kappa shape index (κ1) is 14.3. The molecule has 0 radical (unpaired) electrons. The van der Waals surface area contributed by atoms with Crippen molar-refractivity contribution in [3.63, 3.8) is 0 Å². The molecule has 5 nitrogen and oxygen atoms in total. The molecule has 1 heterocycles. The molecule has 100 valence electrons. The van der Waals surface area contributed by atoms with Gasteiger partial charge in [0.2, 0.25) is 0 Å². The van der Waals surface area contributed by atoms with Crippen LogP contribution in [0.5, 0.6) is 0 Å². The van der Waals surface area contributed by atoms with Crippen molar-refractivity contribution in [3.05, 3.63) is 0 Å². The molecule has 2 N–H and O–H groups in total. The predicted octanol–water partition coefficient (Wildman–Crippen LogP) is 0.493. The summed E-state index contributed by atoms with van der Waals surface area (Å²) in [7, 11) is 3.97. The number of urea groups is 1. The first-order chi connectivity index (χ1) is 8.04. The van der Waals surface area contributed by atoms with Crippen LogP contribution in [-0.2, 0) is 0 Å². The Kier molecular flexibility index (Phi) is 5.71. The van der Waals surface area contributed by atoms with E-state index in [1.807, 2.05) is 14.1 Å². The highest BCUT2D eigenvalue weighted by Gasteiger charge is 2.34. The Balaban J connectivity index is 2.45. The van der Waals surface area contributed by atoms with Crippen molar-refractivity contribution in [2.24, 2.45) is 0 Å². The van der Waals surface area contributed by atoms with Crippen LogP contribution in [0.15, 0.2) is 0 Å². The van der Waals surface area contributed by atoms with Crippen molar-refractivity contribution in [3.8, 4) is 0 Å². The smallest absolute Gasteiger partial charge is 0.317 e. The zero-order valence-corrected chi connectivity index (χ0v) is 11.1. The summed E-state index contributed by atoms with van der Waals surface area (Å²) in [4.78, 5) is 15.8. The second-order valence-electron chi connectivity index (χ2n) is 5.04. The van der Waals surface area contributed by atoms with Crippen LogP contribution in [0.1, 0.15) is 26.2 Å². The average molecular weight is 243 g/mol. The van der Waals surface area contributed by atoms with Gasteiger partial charge in [0.25, 0.3) is 0 Å². The quantitative estimate of drug-likeness (QED) is 0.691. The molecular formula is C12H25N3O2. The van der Waals surface area contributed by atoms with Crippen molar-refractivity contribution >= 4 is 6.03 Å². The molecule has 0 bridgehead atoms. The van der Waals surface area contributed by atoms with Gasteiger partial charge in [0.05, 0.1) is 6.10 Å². The molecule has 2 amide bonds. The maximum absolute atomic E-state index is 11.9. The number of β-amino-alcohol motifs (C(OH)–C–C–N with tert-alkyl or cyclic N) is 1. The molecule has 1 saturated heterocycles. The standard InChI is InChI=1S/C12H25N3O2/c1-4-5-6-13-12(17)15-9-11(16)7-10(15)8-14(2)3/h10-11,16H,4-9H2,1-3H3,(H,13,17). The third-order valence-corrected chi connectivity index (χ3v) is 3.04. The summed E-state index contributed by atoms with van der Waals surface area (Å²) < 4.78 is 0. The van der Waals surface area contributed by atoms with Gasteiger partial charge in [-0.2, -0.15) is 0 Å². The van der Waals surface area contributed by atoms with Gasteiger partial charge in [0.1, 0.15) is 0 Å². The topological polar surface area (TPSA) is 55.8 Å². The minimum Gasteiger partial charge on any atom is -0.391 e. The van der Waals surface area contributed by atoms with Crippen molar-refractivity contribution in [2.45, 2.75) is 38.3 Å². The van der Waals surface area contributed by atoms with Crippen LogP contribution >= 0.6 is 0 Å². The van der Waals surface area contributed by atoms with E-state index in [9.17, 15) is 9.90 Å². The average Bonchev–Trinajstić information content (AvgIpc) is 2.58. The zero-order chi connectivity index (χ0) is 12.8. The maximum atomic E-state index is 11.9. The molecule has 1 fully saturated rings. The largest absolute Gasteiger partial charge is 0.391 e. The Hall–Kier alpha value is -0.810. The molecule has 5 heteroatoms. The minimum atomic E-state index is -0.378. The molecule has 0 aliphatic carbocycles. The van der Waals surface area contributed by atoms with Gasteiger partial charge in [0, 0.05) is 25.7 Å². The highest BCUT2D eigenvalue weighted by Crippen LogP contribution is 2.18. The molecule has 2 unspecified atom stereocenters. The highest BCUT2D eigenvalue weighted by atomic mass is 16.3. The van der Waals surface area contributed by atoms with Gasteiger partial charge < -0.3 is 20.2 Å². The predicted molar refractivity (Wildman–Crippen MR) is 68.0 cm³/mol. The molecule has 0 aromatic carbocycles. The molecule has 1 aliphatic heterocycles. The number of aliphatic hydroxyl groups is 1. The molecular weight excluding hydrogens is 218 g/mol. The molecule has 2 atom stereocenters. The van der Waals surface area contributed by atoms with E-state index in [4.69, 9.17) is 0 Å². The van der Waals surface area contributed by atoms with Gasteiger partial charge in [-0.15, -0.1) is 0 Å². The molecule has 0 aromatic heterocycles. The number of hydrogen-bond acceptors (Lipinski definition) is 3. The fourth-order valence-electron chi connectivity index (χ4n) is 2.21. The molecule has 1 rings (SSSR count). The summed E-state index contributed by atoms with van der Waals surface area (Å²) in [5.41, 5.74) is 0. The fraction of sp³-hybridized carbons (Fsp3) is 0.917. The summed E-state index contributed by atoms with van der Waals surface area (Å²) in [6.07, 6.45) is 2.38. The van der Waals surface area contributed by atoms with Gasteiger partial charge in [0.15, 0.2) is 0 Å². The lowest BCUT2D eigenvalue weighted by Crippen LogP contribution is -2.46. The van der Waals surface area contributed by atoms with Crippen LogP contribution in [0.4, 0.5) is 4.79 Å². The van der Waals surface area contributed by atoms with E-state index in [1.54, 1.807) is 4.90 Å². The molecule has 0 spiro atoms. The van der Waals surface area contributed by atoms with E-state index in [1.165, 1.54) is 0 Å². The SMILES string of the molecule is CCCCNC(=O)N1CC(O)CC1CN(C)C. The van der Waals surface area contributed by atoms with Crippen LogP contribution in [-0.4, -0.2) is 66.8 Å². The van der Waals surface area contributed by atoms with Gasteiger partial charge in [-0.3, -0.25) is 0 Å². The maximum Gasteiger partial charge on any atom is 0.317 e. The van der Waals surface area contributed by atoms with Crippen LogP contribution < -0.4 is 5.32 Å². The Morgan fingerprint density at radius 1 is 1.53 bits per heavy atom. The number of carbonyl (C=O) groups is 1. The second-order valence-corrected chi connectivity index (χ2v) is 5.04. The van der Waals surface area contributed by atoms with Gasteiger partial charge in [-0.25, -0.2) is 4.79 Å². The van der Waals surface area contributed by atoms with E-state index in [-0.39, 0.29) is 18.2 Å². The number of likely N-dealkylation sites (N-methyl/N-ethyl adjacent to an activating group) is 1. The summed E-state index contributed by atoms with van der Waals surface area (Å²) in [5.74, 6) is 0. The Morgan fingerprint density at radius 2 is 2.24 bits per heavy atom. The first-order valence-electron chi connectivity index (χ1n) is 6.41. The third kappa shape index (κ3) is 4.52. The number of aliphatic hydroxyl groups excluding tert-OH is 1. The lowest BCUT2D eigenvalue weighted by atomic mass is 10.2. The number of nitrogens with zero attached hydrogens (tertiary/aromatic N) is 2. The lowest BCUT2D eigenvalue weighted by molar-refractivity contribution is 0.167. The van der Waals surface area contributed by atoms with Crippen molar-refractivity contribution < 1.29 is 9.90 Å². The Morgan fingerprint density at radius 3 is 2.82 bits per heavy atom. The summed E-state index contributed by atoms with van der Waals surface area (Å²) in [6.45, 7) is 4.08. The normalized spacial score (nSPS) is 24.4. The Labute approximate surface area is 104 Å². The number of rotatable bonds is 5. The number of unbranched alkanes of at least 4 members (excludes halogenated alkanes) is 1. The second kappa shape index (κ2) is 6.81. The summed E-state index contributed by atoms with van der Waals surface area (Å²) in [6, 6.07) is 0.0866. The summed E-state index contributed by atoms with van der Waals surface area (Å²) >= 11 is 0. The molecule has 0 aromatic rings. The number of hydrogen-bond donors (Lipinski definition) is 2. The van der Waals surface area contributed by atoms with E-state index >= 15 is 0 Å². The van der Waals surface area contributed by atoms with Crippen molar-refractivity contribution in [1.29, 1.82) is 0 Å². The number of nitrogens with one attached hydrogen (secondary N) is 1. The first-order valence-corrected chi connectivity index (χ1v) is 6.41. The minimum absolute atomic E-state index is 0.0400. The van der Waals surface area contributed by atoms with Crippen molar-refractivity contribution in [2.75, 3.05) is 33.7 Å². The zero-order valence-electron chi connectivity index (χ0n) is 11.1. The monoisotopic (exact) mass is 243 g/mol. The van der Waals surface area contributed by atoms with Crippen LogP contribution in [0.2, 0.25) is 0 Å². The van der Waals surface area contributed by atoms with E-state index < -0.39 is 0 Å². The van der Waals surface area contributed by atoms with E-state index in [0.29, 0.717) is 13.0 Å². The molecule has 0 saturated carbocycles. The lowest BCUT2D eigenvalue weighted by Gasteiger charge is -2.26. The fourth-order valence-corrected chi connectivity index (χ4v) is 2.21. The van der Waals surface area contributed by atoms with E-state index in [0.717, 1.165) is 25.9 Å². The number of amides is 2. The van der Waals surface area contributed by atoms with Gasteiger partial charge in [-0.05, 0) is 26.9 Å². The Bertz CT molecular complexity index is 246. The third-order valence-electron chi connectivity index (χ3n) is 3.04. The molecule has 1 aliphatic rings. The van der Waals surface area contributed by atoms with Gasteiger partial charge >= 0.3 is 6.03 Å². The van der Waals surface area contributed by atoms with Crippen LogP contribution in [0.25, 0.3) is 0 Å². The molecule has 17 heavy (non-hydrogen) atoms. The van der Waals surface area contributed by atoms with E-state index in [2.05, 4.69) is 17.1 Å². The number of likely N-dealkylation sites (tertiary alicyclic amines) is 1. The van der Waals surface area contributed by atoms with Crippen molar-refractivity contribution in [1.82, 2.24) is 15.1 Å². The number of carbonyl (C=O) groups excluding carboxylic acids is 1. The van der Waals surface area contributed by atoms with Crippen LogP contribution in [0.3, 0.4) is 0 Å². The highest BCUT2D eigenvalue weighted by molar-refractivity contribution is 5.75.